The van der Waals surface area contributed by atoms with Crippen molar-refractivity contribution in [2.24, 2.45) is 13.0 Å². The van der Waals surface area contributed by atoms with E-state index in [0.717, 1.165) is 48.9 Å². The number of rotatable bonds is 8. The van der Waals surface area contributed by atoms with Crippen molar-refractivity contribution in [2.45, 2.75) is 63.6 Å². The zero-order chi connectivity index (χ0) is 35.6. The minimum Gasteiger partial charge on any atom is -0.488 e. The summed E-state index contributed by atoms with van der Waals surface area (Å²) in [5.74, 6) is 0.0791. The molecule has 262 valence electrons. The Bertz CT molecular complexity index is 2320. The van der Waals surface area contributed by atoms with Crippen molar-refractivity contribution in [1.29, 1.82) is 5.26 Å². The highest BCUT2D eigenvalue weighted by Crippen LogP contribution is 2.46. The van der Waals surface area contributed by atoms with E-state index in [1.54, 1.807) is 37.5 Å². The molecule has 3 fully saturated rings. The zero-order valence-corrected chi connectivity index (χ0v) is 29.9. The van der Waals surface area contributed by atoms with Crippen LogP contribution in [-0.4, -0.2) is 50.7 Å². The number of benzene rings is 2. The van der Waals surface area contributed by atoms with Crippen LogP contribution in [0.4, 0.5) is 4.39 Å². The number of fused-ring (bicyclic) bond motifs is 3. The van der Waals surface area contributed by atoms with Crippen molar-refractivity contribution in [3.63, 3.8) is 0 Å². The van der Waals surface area contributed by atoms with Gasteiger partial charge in [-0.15, -0.1) is 0 Å². The second kappa shape index (κ2) is 13.3. The number of ether oxygens (including phenoxy) is 1. The summed E-state index contributed by atoms with van der Waals surface area (Å²) in [4.78, 5) is 33.1. The number of pyridine rings is 2. The molecular formula is C39H37Cl2FN6O3. The molecule has 3 atom stereocenters. The molecule has 2 aliphatic heterocycles. The largest absolute Gasteiger partial charge is 0.488 e. The molecule has 0 unspecified atom stereocenters. The fourth-order valence-electron chi connectivity index (χ4n) is 7.96. The number of nitrogens with one attached hydrogen (secondary N) is 1. The number of likely N-dealkylation sites (tertiary alicyclic amines) is 1. The van der Waals surface area contributed by atoms with Crippen LogP contribution in [0.1, 0.15) is 61.1 Å². The molecule has 8 rings (SSSR count). The molecule has 0 radical (unpaired) electrons. The van der Waals surface area contributed by atoms with Gasteiger partial charge in [-0.25, -0.2) is 9.37 Å². The average molecular weight is 728 g/mol. The molecule has 1 saturated carbocycles. The van der Waals surface area contributed by atoms with Crippen molar-refractivity contribution >= 4 is 50.9 Å². The topological polar surface area (TPSA) is 105 Å². The first-order valence-corrected chi connectivity index (χ1v) is 18.2. The lowest BCUT2D eigenvalue weighted by Crippen LogP contribution is -2.34. The van der Waals surface area contributed by atoms with Gasteiger partial charge in [0.05, 0.1) is 34.2 Å². The molecule has 0 bridgehead atoms. The van der Waals surface area contributed by atoms with Gasteiger partial charge in [-0.3, -0.25) is 9.59 Å². The standard InChI is InChI=1S/C39H37Cl2FN6O3/c1-21-28-18-32(31-16-26(20-47(31)39(50)22-8-9-22)51-25-11-14-46(2)33(49)17-25)48(24-10-13-44-19-24)38(28)29-15-23(5-4-12-43)34(36(42)37(29)45-21)27-6-3-7-30(40)35(27)41/h3,6-7,11,14-15,17-18,22,24,26,31,44H,4-5,8-10,13,16,19-20H2,1-2H3/t24-,26-,31+/m0/s1. The number of carbonyl (C=O) groups is 1. The summed E-state index contributed by atoms with van der Waals surface area (Å²) in [5.41, 5.74) is 3.93. The van der Waals surface area contributed by atoms with Crippen molar-refractivity contribution in [3.8, 4) is 22.9 Å². The normalized spacial score (nSPS) is 20.4. The lowest BCUT2D eigenvalue weighted by Gasteiger charge is -2.28. The predicted octanol–water partition coefficient (Wildman–Crippen LogP) is 7.43. The van der Waals surface area contributed by atoms with E-state index in [2.05, 4.69) is 22.0 Å². The van der Waals surface area contributed by atoms with Gasteiger partial charge in [0, 0.05) is 83.9 Å². The van der Waals surface area contributed by atoms with Gasteiger partial charge < -0.3 is 24.1 Å². The molecule has 1 amide bonds. The third-order valence-corrected chi connectivity index (χ3v) is 11.5. The molecule has 3 aromatic heterocycles. The number of hydrogen-bond donors (Lipinski definition) is 1. The van der Waals surface area contributed by atoms with E-state index in [-0.39, 0.29) is 52.5 Å². The Morgan fingerprint density at radius 3 is 2.71 bits per heavy atom. The van der Waals surface area contributed by atoms with Gasteiger partial charge in [0.1, 0.15) is 17.4 Å². The lowest BCUT2D eigenvalue weighted by atomic mass is 9.93. The van der Waals surface area contributed by atoms with Gasteiger partial charge in [0.15, 0.2) is 5.82 Å². The van der Waals surface area contributed by atoms with Gasteiger partial charge in [0.25, 0.3) is 5.56 Å². The summed E-state index contributed by atoms with van der Waals surface area (Å²) in [5, 5.41) is 15.2. The summed E-state index contributed by atoms with van der Waals surface area (Å²) in [6.45, 7) is 3.83. The Labute approximate surface area is 304 Å². The molecular weight excluding hydrogens is 690 g/mol. The molecule has 5 aromatic rings. The Balaban J connectivity index is 1.33. The highest BCUT2D eigenvalue weighted by atomic mass is 35.5. The fraction of sp³-hybridized carbons (Fsp3) is 0.385. The number of nitrogens with zero attached hydrogens (tertiary/aromatic N) is 5. The van der Waals surface area contributed by atoms with E-state index >= 15 is 4.39 Å². The van der Waals surface area contributed by atoms with Crippen LogP contribution < -0.4 is 15.6 Å². The minimum atomic E-state index is -0.512. The maximum atomic E-state index is 17.1. The molecule has 1 aliphatic carbocycles. The highest BCUT2D eigenvalue weighted by molar-refractivity contribution is 6.43. The Morgan fingerprint density at radius 1 is 1.16 bits per heavy atom. The van der Waals surface area contributed by atoms with E-state index in [9.17, 15) is 14.9 Å². The van der Waals surface area contributed by atoms with Crippen LogP contribution in [0.25, 0.3) is 32.9 Å². The summed E-state index contributed by atoms with van der Waals surface area (Å²) < 4.78 is 27.3. The summed E-state index contributed by atoms with van der Waals surface area (Å²) in [6, 6.07) is 14.4. The molecule has 2 saturated heterocycles. The maximum Gasteiger partial charge on any atom is 0.253 e. The summed E-state index contributed by atoms with van der Waals surface area (Å²) >= 11 is 13.1. The molecule has 51 heavy (non-hydrogen) atoms. The number of aryl methyl sites for hydroxylation is 3. The lowest BCUT2D eigenvalue weighted by molar-refractivity contribution is -0.133. The Kier molecular flexibility index (Phi) is 8.77. The van der Waals surface area contributed by atoms with Crippen LogP contribution in [0.3, 0.4) is 0 Å². The van der Waals surface area contributed by atoms with Gasteiger partial charge in [-0.2, -0.15) is 5.26 Å². The molecule has 9 nitrogen and oxygen atoms in total. The van der Waals surface area contributed by atoms with Crippen molar-refractivity contribution in [3.05, 3.63) is 91.8 Å². The first kappa shape index (κ1) is 33.7. The van der Waals surface area contributed by atoms with Crippen LogP contribution in [0.15, 0.2) is 53.5 Å². The Morgan fingerprint density at radius 2 is 1.98 bits per heavy atom. The molecule has 1 N–H and O–H groups in total. The number of hydrogen-bond acceptors (Lipinski definition) is 6. The van der Waals surface area contributed by atoms with E-state index in [1.165, 1.54) is 10.6 Å². The maximum absolute atomic E-state index is 17.1. The Hall–Kier alpha value is -4.43. The SMILES string of the molecule is Cc1nc2c(F)c(-c3cccc(Cl)c3Cl)c(CCC#N)cc2c2c1cc([C@H]1C[C@H](Oc3ccn(C)c(=O)c3)CN1C(=O)C1CC1)n2[C@H]1CCNC1. The second-order valence-electron chi connectivity index (χ2n) is 14.0. The first-order chi connectivity index (χ1) is 24.6. The van der Waals surface area contributed by atoms with Gasteiger partial charge >= 0.3 is 0 Å². The van der Waals surface area contributed by atoms with Crippen LogP contribution in [0.2, 0.25) is 10.0 Å². The van der Waals surface area contributed by atoms with Crippen LogP contribution in [0.5, 0.6) is 5.75 Å². The van der Waals surface area contributed by atoms with E-state index in [1.807, 2.05) is 17.9 Å². The number of carbonyl (C=O) groups excluding carboxylic acids is 1. The fourth-order valence-corrected chi connectivity index (χ4v) is 8.35. The van der Waals surface area contributed by atoms with Gasteiger partial charge in [-0.05, 0) is 69.0 Å². The summed E-state index contributed by atoms with van der Waals surface area (Å²) in [6.07, 6.45) is 4.98. The molecule has 12 heteroatoms. The third kappa shape index (κ3) is 5.95. The van der Waals surface area contributed by atoms with E-state index in [4.69, 9.17) is 32.9 Å². The number of aromatic nitrogens is 3. The van der Waals surface area contributed by atoms with Crippen LogP contribution >= 0.6 is 23.2 Å². The van der Waals surface area contributed by atoms with Crippen molar-refractivity contribution in [1.82, 2.24) is 24.3 Å². The number of halogens is 3. The number of nitriles is 1. The van der Waals surface area contributed by atoms with Gasteiger partial charge in [-0.1, -0.05) is 35.3 Å². The zero-order valence-electron chi connectivity index (χ0n) is 28.4. The van der Waals surface area contributed by atoms with Crippen molar-refractivity contribution in [2.75, 3.05) is 19.6 Å². The van der Waals surface area contributed by atoms with Crippen molar-refractivity contribution < 1.29 is 13.9 Å². The van der Waals surface area contributed by atoms with Gasteiger partial charge in [0.2, 0.25) is 5.91 Å². The quantitative estimate of drug-likeness (QED) is 0.178. The van der Waals surface area contributed by atoms with Crippen LogP contribution in [-0.2, 0) is 18.3 Å². The smallest absolute Gasteiger partial charge is 0.253 e. The molecule has 0 spiro atoms. The average Bonchev–Trinajstić information content (AvgIpc) is 3.46. The number of amides is 1. The first-order valence-electron chi connectivity index (χ1n) is 17.5. The molecule has 5 heterocycles. The molecule has 2 aromatic carbocycles. The predicted molar refractivity (Wildman–Crippen MR) is 196 cm³/mol. The van der Waals surface area contributed by atoms with E-state index < -0.39 is 5.82 Å². The third-order valence-electron chi connectivity index (χ3n) is 10.6. The van der Waals surface area contributed by atoms with E-state index in [0.29, 0.717) is 57.9 Å². The second-order valence-corrected chi connectivity index (χ2v) is 14.8. The summed E-state index contributed by atoms with van der Waals surface area (Å²) in [7, 11) is 1.69. The monoisotopic (exact) mass is 726 g/mol. The van der Waals surface area contributed by atoms with Crippen LogP contribution in [0, 0.1) is 30.0 Å². The highest BCUT2D eigenvalue weighted by Gasteiger charge is 2.45. The minimum absolute atomic E-state index is 0.000925. The molecule has 3 aliphatic rings.